The molecule has 3 aromatic rings. The number of amides is 1. The first kappa shape index (κ1) is 24.9. The van der Waals surface area contributed by atoms with Crippen molar-refractivity contribution >= 4 is 49.4 Å². The largest absolute Gasteiger partial charge is 0.505 e. The molecule has 0 atom stereocenters. The number of hydrogen-bond acceptors (Lipinski definition) is 8. The Bertz CT molecular complexity index is 1490. The lowest BCUT2D eigenvalue weighted by Gasteiger charge is -2.37. The van der Waals surface area contributed by atoms with E-state index in [4.69, 9.17) is 0 Å². The molecular weight excluding hydrogens is 562 g/mol. The molecule has 0 aliphatic carbocycles. The van der Waals surface area contributed by atoms with Crippen molar-refractivity contribution in [2.75, 3.05) is 37.6 Å². The molecule has 0 saturated carbocycles. The van der Waals surface area contributed by atoms with Gasteiger partial charge >= 0.3 is 0 Å². The zero-order chi connectivity index (χ0) is 26.2. The first-order chi connectivity index (χ1) is 17.8. The lowest BCUT2D eigenvalue weighted by molar-refractivity contribution is -0.131. The molecule has 10 nitrogen and oxygen atoms in total. The van der Waals surface area contributed by atoms with Gasteiger partial charge in [-0.1, -0.05) is 40.2 Å². The average Bonchev–Trinajstić information content (AvgIpc) is 2.92. The Hall–Kier alpha value is -3.77. The van der Waals surface area contributed by atoms with Gasteiger partial charge in [-0.15, -0.1) is 0 Å². The van der Waals surface area contributed by atoms with E-state index in [-0.39, 0.29) is 16.0 Å². The normalized spacial score (nSPS) is 18.4. The Morgan fingerprint density at radius 2 is 1.59 bits per heavy atom. The molecule has 37 heavy (non-hydrogen) atoms. The third kappa shape index (κ3) is 4.69. The molecular formula is C25H22BrN5O5S. The highest BCUT2D eigenvalue weighted by atomic mass is 79.9. The van der Waals surface area contributed by atoms with E-state index in [0.29, 0.717) is 32.1 Å². The number of anilines is 1. The van der Waals surface area contributed by atoms with Crippen molar-refractivity contribution in [3.8, 4) is 0 Å². The summed E-state index contributed by atoms with van der Waals surface area (Å²) in [6.45, 7) is 0.967. The highest BCUT2D eigenvalue weighted by molar-refractivity contribution is 9.10. The Kier molecular flexibility index (Phi) is 6.69. The number of aliphatic hydroxyl groups is 1. The zero-order valence-electron chi connectivity index (χ0n) is 19.5. The van der Waals surface area contributed by atoms with Crippen LogP contribution >= 0.6 is 15.9 Å². The Balaban J connectivity index is 1.47. The Labute approximate surface area is 222 Å². The molecule has 1 amide bonds. The minimum absolute atomic E-state index is 0.0543. The number of aliphatic hydroxyl groups excluding tert-OH is 1. The van der Waals surface area contributed by atoms with E-state index in [1.807, 2.05) is 4.90 Å². The van der Waals surface area contributed by atoms with Crippen molar-refractivity contribution in [1.82, 2.24) is 19.2 Å². The summed E-state index contributed by atoms with van der Waals surface area (Å²) in [6, 6.07) is 13.9. The number of fused-ring (bicyclic) bond motifs is 1. The van der Waals surface area contributed by atoms with Gasteiger partial charge in [0.2, 0.25) is 17.6 Å². The second-order valence-electron chi connectivity index (χ2n) is 8.46. The predicted octanol–water partition coefficient (Wildman–Crippen LogP) is 2.70. The third-order valence-corrected chi connectivity index (χ3v) is 8.58. The van der Waals surface area contributed by atoms with Crippen LogP contribution in [0.25, 0.3) is 5.76 Å². The van der Waals surface area contributed by atoms with Crippen LogP contribution in [-0.2, 0) is 14.8 Å². The van der Waals surface area contributed by atoms with Gasteiger partial charge in [0, 0.05) is 54.2 Å². The summed E-state index contributed by atoms with van der Waals surface area (Å²) in [5.41, 5.74) is -0.262. The number of carbonyl (C=O) groups excluding carboxylic acids is 2. The SMILES string of the molecule is O=C1/C(=C(/O)c2ccc(Br)cc2)N(CC(=O)N2CCN(c3ncccn3)CC2)S(=O)(=O)c2ccccc21. The van der Waals surface area contributed by atoms with Crippen molar-refractivity contribution in [2.24, 2.45) is 0 Å². The van der Waals surface area contributed by atoms with Gasteiger partial charge in [-0.2, -0.15) is 0 Å². The monoisotopic (exact) mass is 583 g/mol. The van der Waals surface area contributed by atoms with Crippen LogP contribution in [-0.4, -0.2) is 77.1 Å². The Morgan fingerprint density at radius 3 is 2.27 bits per heavy atom. The standard InChI is InChI=1S/C25H22BrN5O5S/c26-18-8-6-17(7-9-18)23(33)22-24(34)19-4-1-2-5-20(19)37(35,36)31(22)16-21(32)29-12-14-30(15-13-29)25-27-10-3-11-28-25/h1-11,33H,12-16H2/b23-22-. The van der Waals surface area contributed by atoms with Gasteiger partial charge in [-0.05, 0) is 30.3 Å². The highest BCUT2D eigenvalue weighted by Gasteiger charge is 2.43. The highest BCUT2D eigenvalue weighted by Crippen LogP contribution is 2.35. The lowest BCUT2D eigenvalue weighted by atomic mass is 10.0. The minimum atomic E-state index is -4.31. The predicted molar refractivity (Wildman–Crippen MR) is 139 cm³/mol. The average molecular weight is 584 g/mol. The number of allylic oxidation sites excluding steroid dienone is 1. The van der Waals surface area contributed by atoms with Crippen LogP contribution in [0.5, 0.6) is 0 Å². The number of Topliss-reactive ketones (excluding diaryl/α,β-unsaturated/α-hetero) is 1. The maximum atomic E-state index is 13.6. The molecule has 1 saturated heterocycles. The smallest absolute Gasteiger partial charge is 0.265 e. The van der Waals surface area contributed by atoms with Crippen molar-refractivity contribution in [3.05, 3.63) is 88.3 Å². The fourth-order valence-electron chi connectivity index (χ4n) is 4.33. The molecule has 0 radical (unpaired) electrons. The number of halogens is 1. The number of sulfonamides is 1. The van der Waals surface area contributed by atoms with E-state index >= 15 is 0 Å². The minimum Gasteiger partial charge on any atom is -0.505 e. The maximum Gasteiger partial charge on any atom is 0.265 e. The summed E-state index contributed by atoms with van der Waals surface area (Å²) >= 11 is 3.32. The van der Waals surface area contributed by atoms with E-state index < -0.39 is 39.7 Å². The summed E-state index contributed by atoms with van der Waals surface area (Å²) in [5.74, 6) is -1.12. The van der Waals surface area contributed by atoms with E-state index in [1.54, 1.807) is 48.8 Å². The second-order valence-corrected chi connectivity index (χ2v) is 11.2. The quantitative estimate of drug-likeness (QED) is 0.367. The van der Waals surface area contributed by atoms with Crippen LogP contribution in [0.4, 0.5) is 5.95 Å². The Morgan fingerprint density at radius 1 is 0.946 bits per heavy atom. The van der Waals surface area contributed by atoms with Crippen LogP contribution in [0.2, 0.25) is 0 Å². The molecule has 190 valence electrons. The van der Waals surface area contributed by atoms with Crippen LogP contribution in [0, 0.1) is 0 Å². The van der Waals surface area contributed by atoms with Crippen molar-refractivity contribution in [3.63, 3.8) is 0 Å². The van der Waals surface area contributed by atoms with E-state index in [0.717, 1.165) is 8.78 Å². The topological polar surface area (TPSA) is 124 Å². The van der Waals surface area contributed by atoms with Gasteiger partial charge in [-0.3, -0.25) is 9.59 Å². The first-order valence-electron chi connectivity index (χ1n) is 11.4. The maximum absolute atomic E-state index is 13.6. The van der Waals surface area contributed by atoms with Crippen LogP contribution < -0.4 is 4.90 Å². The first-order valence-corrected chi connectivity index (χ1v) is 13.7. The van der Waals surface area contributed by atoms with Crippen LogP contribution in [0.15, 0.2) is 82.1 Å². The van der Waals surface area contributed by atoms with Crippen molar-refractivity contribution in [1.29, 1.82) is 0 Å². The third-order valence-electron chi connectivity index (χ3n) is 6.25. The van der Waals surface area contributed by atoms with Gasteiger partial charge in [0.05, 0.1) is 4.90 Å². The number of benzene rings is 2. The molecule has 2 aliphatic heterocycles. The lowest BCUT2D eigenvalue weighted by Crippen LogP contribution is -2.53. The van der Waals surface area contributed by atoms with E-state index in [9.17, 15) is 23.1 Å². The van der Waals surface area contributed by atoms with Crippen molar-refractivity contribution in [2.45, 2.75) is 4.90 Å². The summed E-state index contributed by atoms with van der Waals surface area (Å²) in [7, 11) is -4.31. The van der Waals surface area contributed by atoms with E-state index in [1.165, 1.54) is 23.1 Å². The van der Waals surface area contributed by atoms with Gasteiger partial charge in [-0.25, -0.2) is 22.7 Å². The molecule has 5 rings (SSSR count). The number of piperazine rings is 1. The van der Waals surface area contributed by atoms with Crippen LogP contribution in [0.3, 0.4) is 0 Å². The summed E-state index contributed by atoms with van der Waals surface area (Å²) in [6.07, 6.45) is 3.28. The summed E-state index contributed by atoms with van der Waals surface area (Å²) in [4.78, 5) is 38.5. The molecule has 12 heteroatoms. The number of ketones is 1. The zero-order valence-corrected chi connectivity index (χ0v) is 21.9. The number of aromatic nitrogens is 2. The molecule has 0 spiro atoms. The van der Waals surface area contributed by atoms with Gasteiger partial charge < -0.3 is 14.9 Å². The molecule has 2 aromatic carbocycles. The number of nitrogens with zero attached hydrogens (tertiary/aromatic N) is 5. The summed E-state index contributed by atoms with van der Waals surface area (Å²) < 4.78 is 28.7. The van der Waals surface area contributed by atoms with Gasteiger partial charge in [0.15, 0.2) is 5.76 Å². The fraction of sp³-hybridized carbons (Fsp3) is 0.200. The number of hydrogen-bond donors (Lipinski definition) is 1. The van der Waals surface area contributed by atoms with Gasteiger partial charge in [0.1, 0.15) is 12.2 Å². The van der Waals surface area contributed by atoms with Gasteiger partial charge in [0.25, 0.3) is 10.0 Å². The molecule has 1 fully saturated rings. The molecule has 3 heterocycles. The molecule has 0 bridgehead atoms. The van der Waals surface area contributed by atoms with Crippen molar-refractivity contribution < 1.29 is 23.1 Å². The molecule has 2 aliphatic rings. The number of rotatable bonds is 4. The van der Waals surface area contributed by atoms with E-state index in [2.05, 4.69) is 25.9 Å². The molecule has 1 N–H and O–H groups in total. The molecule has 0 unspecified atom stereocenters. The number of carbonyl (C=O) groups is 2. The summed E-state index contributed by atoms with van der Waals surface area (Å²) in [5, 5.41) is 11.1. The second kappa shape index (κ2) is 9.94. The fourth-order valence-corrected chi connectivity index (χ4v) is 6.21. The molecule has 1 aromatic heterocycles. The van der Waals surface area contributed by atoms with Crippen LogP contribution in [0.1, 0.15) is 15.9 Å².